The van der Waals surface area contributed by atoms with Crippen LogP contribution in [-0.2, 0) is 9.53 Å². The van der Waals surface area contributed by atoms with Crippen LogP contribution in [0.25, 0.3) is 0 Å². The van der Waals surface area contributed by atoms with Gasteiger partial charge in [-0.25, -0.2) is 0 Å². The van der Waals surface area contributed by atoms with E-state index in [4.69, 9.17) is 0 Å². The number of esters is 1. The first kappa shape index (κ1) is 11.0. The van der Waals surface area contributed by atoms with Gasteiger partial charge in [0.15, 0.2) is 0 Å². The average molecular weight is 184 g/mol. The molecule has 66 valence electrons. The van der Waals surface area contributed by atoms with Crippen molar-refractivity contribution in [3.63, 3.8) is 0 Å². The quantitative estimate of drug-likeness (QED) is 0.494. The second kappa shape index (κ2) is 6.73. The Balaban J connectivity index is 0.000000217. The second-order valence-electron chi connectivity index (χ2n) is 2.03. The number of carbonyl (C=O) groups excluding carboxylic acids is 1. The number of ether oxygens (including phenoxy) is 1. The summed E-state index contributed by atoms with van der Waals surface area (Å²) in [5.74, 6) is -0.245. The van der Waals surface area contributed by atoms with Crippen molar-refractivity contribution < 1.29 is 9.53 Å². The average Bonchev–Trinajstić information content (AvgIpc) is 2.07. The van der Waals surface area contributed by atoms with Gasteiger partial charge in [-0.05, 0) is 12.1 Å². The summed E-state index contributed by atoms with van der Waals surface area (Å²) in [5, 5.41) is 0. The molecule has 0 aliphatic carbocycles. The molecular weight excluding hydrogens is 172 g/mol. The zero-order valence-electron chi connectivity index (χ0n) is 7.15. The number of rotatable bonds is 0. The summed E-state index contributed by atoms with van der Waals surface area (Å²) in [6, 6.07) is 9.79. The summed E-state index contributed by atoms with van der Waals surface area (Å²) in [7, 11) is 1.35. The third-order valence-corrected chi connectivity index (χ3v) is 1.34. The summed E-state index contributed by atoms with van der Waals surface area (Å²) in [6.07, 6.45) is 0. The lowest BCUT2D eigenvalue weighted by Crippen LogP contribution is -1.88. The number of carbonyl (C=O) groups is 1. The molecule has 0 bridgehead atoms. The van der Waals surface area contributed by atoms with Crippen molar-refractivity contribution in [3.05, 3.63) is 30.3 Å². The van der Waals surface area contributed by atoms with Crippen LogP contribution in [0.2, 0.25) is 0 Å². The van der Waals surface area contributed by atoms with Crippen molar-refractivity contribution in [2.75, 3.05) is 7.11 Å². The van der Waals surface area contributed by atoms with Crippen LogP contribution in [0.5, 0.6) is 0 Å². The normalized spacial score (nSPS) is 7.92. The number of thiol groups is 1. The molecule has 0 spiro atoms. The molecule has 12 heavy (non-hydrogen) atoms. The van der Waals surface area contributed by atoms with Gasteiger partial charge in [-0.2, -0.15) is 0 Å². The molecule has 0 saturated heterocycles. The molecule has 3 heteroatoms. The van der Waals surface area contributed by atoms with Crippen molar-refractivity contribution in [1.29, 1.82) is 0 Å². The second-order valence-corrected chi connectivity index (χ2v) is 2.55. The molecule has 0 aliphatic rings. The Kier molecular flexibility index (Phi) is 6.19. The topological polar surface area (TPSA) is 26.3 Å². The van der Waals surface area contributed by atoms with Crippen molar-refractivity contribution in [2.45, 2.75) is 11.8 Å². The first-order valence-corrected chi connectivity index (χ1v) is 3.90. The predicted octanol–water partition coefficient (Wildman–Crippen LogP) is 2.15. The van der Waals surface area contributed by atoms with Gasteiger partial charge in [0.05, 0.1) is 7.11 Å². The molecule has 0 aliphatic heterocycles. The highest BCUT2D eigenvalue weighted by atomic mass is 32.1. The van der Waals surface area contributed by atoms with Crippen LogP contribution in [0, 0.1) is 0 Å². The Morgan fingerprint density at radius 3 is 1.92 bits per heavy atom. The van der Waals surface area contributed by atoms with Gasteiger partial charge in [0.25, 0.3) is 0 Å². The van der Waals surface area contributed by atoms with Gasteiger partial charge >= 0.3 is 5.97 Å². The van der Waals surface area contributed by atoms with E-state index in [1.54, 1.807) is 0 Å². The maximum absolute atomic E-state index is 9.59. The monoisotopic (exact) mass is 184 g/mol. The number of hydrogen-bond donors (Lipinski definition) is 1. The van der Waals surface area contributed by atoms with Crippen molar-refractivity contribution in [3.8, 4) is 0 Å². The highest BCUT2D eigenvalue weighted by molar-refractivity contribution is 7.80. The van der Waals surface area contributed by atoms with E-state index in [0.717, 1.165) is 4.90 Å². The van der Waals surface area contributed by atoms with Gasteiger partial charge in [0.1, 0.15) is 0 Å². The van der Waals surface area contributed by atoms with Crippen molar-refractivity contribution >= 4 is 18.6 Å². The summed E-state index contributed by atoms with van der Waals surface area (Å²) in [6.45, 7) is 1.36. The molecule has 0 atom stereocenters. The fraction of sp³-hybridized carbons (Fsp3) is 0.222. The van der Waals surface area contributed by atoms with Gasteiger partial charge in [0.2, 0.25) is 0 Å². The van der Waals surface area contributed by atoms with E-state index in [9.17, 15) is 4.79 Å². The van der Waals surface area contributed by atoms with Crippen LogP contribution in [-0.4, -0.2) is 13.1 Å². The Bertz CT molecular complexity index is 221. The molecule has 0 fully saturated rings. The summed E-state index contributed by atoms with van der Waals surface area (Å²) in [4.78, 5) is 10.6. The van der Waals surface area contributed by atoms with Gasteiger partial charge in [-0.1, -0.05) is 18.2 Å². The van der Waals surface area contributed by atoms with E-state index < -0.39 is 0 Å². The van der Waals surface area contributed by atoms with E-state index in [0.29, 0.717) is 0 Å². The zero-order valence-corrected chi connectivity index (χ0v) is 8.04. The van der Waals surface area contributed by atoms with Crippen molar-refractivity contribution in [2.24, 2.45) is 0 Å². The van der Waals surface area contributed by atoms with E-state index in [1.165, 1.54) is 14.0 Å². The SMILES string of the molecule is COC(C)=O.Sc1ccccc1. The van der Waals surface area contributed by atoms with Crippen LogP contribution < -0.4 is 0 Å². The van der Waals surface area contributed by atoms with Crippen LogP contribution in [0.3, 0.4) is 0 Å². The molecular formula is C9H12O2S. The fourth-order valence-corrected chi connectivity index (χ4v) is 0.600. The molecule has 0 amide bonds. The van der Waals surface area contributed by atoms with Gasteiger partial charge in [-0.15, -0.1) is 12.6 Å². The minimum Gasteiger partial charge on any atom is -0.469 e. The van der Waals surface area contributed by atoms with Gasteiger partial charge < -0.3 is 4.74 Å². The molecule has 0 saturated carbocycles. The summed E-state index contributed by atoms with van der Waals surface area (Å²) >= 11 is 4.08. The van der Waals surface area contributed by atoms with Crippen LogP contribution in [0.15, 0.2) is 35.2 Å². The number of hydrogen-bond acceptors (Lipinski definition) is 3. The van der Waals surface area contributed by atoms with Crippen LogP contribution in [0.4, 0.5) is 0 Å². The minimum atomic E-state index is -0.245. The summed E-state index contributed by atoms with van der Waals surface area (Å²) < 4.78 is 4.11. The molecule has 2 nitrogen and oxygen atoms in total. The van der Waals surface area contributed by atoms with E-state index in [-0.39, 0.29) is 5.97 Å². The molecule has 1 aromatic rings. The Labute approximate surface area is 78.0 Å². The Morgan fingerprint density at radius 1 is 1.33 bits per heavy atom. The Hall–Kier alpha value is -0.960. The van der Waals surface area contributed by atoms with Gasteiger partial charge in [-0.3, -0.25) is 4.79 Å². The molecule has 0 radical (unpaired) electrons. The van der Waals surface area contributed by atoms with Crippen LogP contribution in [0.1, 0.15) is 6.92 Å². The zero-order chi connectivity index (χ0) is 9.40. The first-order valence-electron chi connectivity index (χ1n) is 3.45. The standard InChI is InChI=1S/C6H6S.C3H6O2/c7-6-4-2-1-3-5-6;1-3(4)5-2/h1-5,7H;1-2H3. The molecule has 0 aromatic heterocycles. The number of benzene rings is 1. The lowest BCUT2D eigenvalue weighted by Gasteiger charge is -1.81. The fourth-order valence-electron chi connectivity index (χ4n) is 0.428. The number of methoxy groups -OCH3 is 1. The maximum Gasteiger partial charge on any atom is 0.302 e. The predicted molar refractivity (Wildman–Crippen MR) is 51.4 cm³/mol. The lowest BCUT2D eigenvalue weighted by atomic mass is 10.4. The van der Waals surface area contributed by atoms with Gasteiger partial charge in [0, 0.05) is 11.8 Å². The highest BCUT2D eigenvalue weighted by Gasteiger charge is 1.75. The summed E-state index contributed by atoms with van der Waals surface area (Å²) in [5.41, 5.74) is 0. The van der Waals surface area contributed by atoms with E-state index in [2.05, 4.69) is 17.4 Å². The molecule has 1 aromatic carbocycles. The van der Waals surface area contributed by atoms with Crippen LogP contribution >= 0.6 is 12.6 Å². The van der Waals surface area contributed by atoms with Crippen molar-refractivity contribution in [1.82, 2.24) is 0 Å². The molecule has 0 heterocycles. The van der Waals surface area contributed by atoms with E-state index >= 15 is 0 Å². The third-order valence-electron chi connectivity index (χ3n) is 1.04. The maximum atomic E-state index is 9.59. The largest absolute Gasteiger partial charge is 0.469 e. The smallest absolute Gasteiger partial charge is 0.302 e. The molecule has 0 unspecified atom stereocenters. The highest BCUT2D eigenvalue weighted by Crippen LogP contribution is 2.00. The van der Waals surface area contributed by atoms with E-state index in [1.807, 2.05) is 30.3 Å². The molecule has 0 N–H and O–H groups in total. The first-order chi connectivity index (χ1) is 5.66. The third kappa shape index (κ3) is 7.15. The molecule has 1 rings (SSSR count). The lowest BCUT2D eigenvalue weighted by molar-refractivity contribution is -0.137. The Morgan fingerprint density at radius 2 is 1.75 bits per heavy atom. The minimum absolute atomic E-state index is 0.245.